The van der Waals surface area contributed by atoms with Crippen LogP contribution in [0.1, 0.15) is 45.7 Å². The number of likely N-dealkylation sites (N-methyl/N-ethyl adjacent to an activating group) is 2. The lowest BCUT2D eigenvalue weighted by atomic mass is 9.79. The third-order valence-corrected chi connectivity index (χ3v) is 7.97. The molecule has 0 aliphatic rings. The Hall–Kier alpha value is -6.25. The number of nitrogens with one attached hydrogen (secondary N) is 3. The van der Waals surface area contributed by atoms with Gasteiger partial charge in [0.2, 0.25) is 11.8 Å². The molecule has 4 aromatic carbocycles. The summed E-state index contributed by atoms with van der Waals surface area (Å²) in [6.45, 7) is 2.73. The van der Waals surface area contributed by atoms with Gasteiger partial charge < -0.3 is 30.3 Å². The summed E-state index contributed by atoms with van der Waals surface area (Å²) in [5.41, 5.74) is -2.80. The quantitative estimate of drug-likeness (QED) is 0.0682. The molecule has 0 spiro atoms. The van der Waals surface area contributed by atoms with Gasteiger partial charge in [0.1, 0.15) is 6.61 Å². The molecule has 4 rings (SSSR count). The van der Waals surface area contributed by atoms with Gasteiger partial charge in [0.25, 0.3) is 11.8 Å². The number of hydrogen-bond acceptors (Lipinski definition) is 7. The average Bonchev–Trinajstić information content (AvgIpc) is 3.13. The summed E-state index contributed by atoms with van der Waals surface area (Å²) in [6, 6.07) is 19.6. The number of halogens is 4. The SMILES string of the molecule is CCNC(=O)C(COC(=O)Oc1cc(C(=O)N(C)C)c(NC(=O)c2ccccc2-c2ccc(C(F)(F)F)cc2)cc1F)(C(=O)NCC)c1ccccc1. The zero-order chi connectivity index (χ0) is 38.9. The Morgan fingerprint density at radius 1 is 0.736 bits per heavy atom. The number of ether oxygens (including phenoxy) is 2. The van der Waals surface area contributed by atoms with Crippen molar-refractivity contribution in [3.05, 3.63) is 119 Å². The van der Waals surface area contributed by atoms with E-state index in [-0.39, 0.29) is 46.6 Å². The second-order valence-electron chi connectivity index (χ2n) is 11.7. The first-order chi connectivity index (χ1) is 25.1. The summed E-state index contributed by atoms with van der Waals surface area (Å²) in [5.74, 6) is -5.07. The predicted octanol–water partition coefficient (Wildman–Crippen LogP) is 6.19. The number of rotatable bonds is 12. The second-order valence-corrected chi connectivity index (χ2v) is 11.7. The minimum Gasteiger partial charge on any atom is -0.432 e. The van der Waals surface area contributed by atoms with Crippen molar-refractivity contribution in [3.63, 3.8) is 0 Å². The molecule has 0 saturated carbocycles. The van der Waals surface area contributed by atoms with Crippen LogP contribution in [0.5, 0.6) is 5.75 Å². The molecule has 4 amide bonds. The van der Waals surface area contributed by atoms with Crippen molar-refractivity contribution in [2.45, 2.75) is 25.4 Å². The number of carbonyl (C=O) groups excluding carboxylic acids is 5. The zero-order valence-corrected chi connectivity index (χ0v) is 29.1. The molecule has 3 N–H and O–H groups in total. The number of benzene rings is 4. The van der Waals surface area contributed by atoms with Gasteiger partial charge in [0.05, 0.1) is 16.8 Å². The fraction of sp³-hybridized carbons (Fsp3) is 0.237. The maximum atomic E-state index is 15.6. The number of nitrogens with zero attached hydrogens (tertiary/aromatic N) is 1. The van der Waals surface area contributed by atoms with Crippen molar-refractivity contribution < 1.29 is 51.0 Å². The number of alkyl halides is 3. The molecular formula is C38H36F4N4O7. The highest BCUT2D eigenvalue weighted by Gasteiger charge is 2.49. The summed E-state index contributed by atoms with van der Waals surface area (Å²) in [5, 5.41) is 7.64. The Balaban J connectivity index is 1.64. The number of amides is 4. The molecule has 0 aliphatic carbocycles. The molecule has 0 saturated heterocycles. The lowest BCUT2D eigenvalue weighted by Gasteiger charge is -2.30. The van der Waals surface area contributed by atoms with Crippen molar-refractivity contribution in [1.82, 2.24) is 15.5 Å². The van der Waals surface area contributed by atoms with Crippen LogP contribution in [0.4, 0.5) is 28.0 Å². The van der Waals surface area contributed by atoms with Crippen molar-refractivity contribution in [3.8, 4) is 16.9 Å². The highest BCUT2D eigenvalue weighted by molar-refractivity contribution is 6.12. The van der Waals surface area contributed by atoms with Gasteiger partial charge in [0, 0.05) is 38.8 Å². The molecule has 0 bridgehead atoms. The van der Waals surface area contributed by atoms with E-state index in [0.717, 1.165) is 29.2 Å². The summed E-state index contributed by atoms with van der Waals surface area (Å²) >= 11 is 0. The molecule has 0 fully saturated rings. The average molecular weight is 737 g/mol. The van der Waals surface area contributed by atoms with Gasteiger partial charge in [-0.25, -0.2) is 9.18 Å². The van der Waals surface area contributed by atoms with Crippen molar-refractivity contribution in [2.24, 2.45) is 0 Å². The van der Waals surface area contributed by atoms with Crippen LogP contribution in [-0.4, -0.2) is 68.5 Å². The second kappa shape index (κ2) is 16.8. The van der Waals surface area contributed by atoms with Crippen LogP contribution < -0.4 is 20.7 Å². The van der Waals surface area contributed by atoms with E-state index in [1.54, 1.807) is 38.1 Å². The van der Waals surface area contributed by atoms with E-state index in [0.29, 0.717) is 0 Å². The molecule has 0 radical (unpaired) electrons. The van der Waals surface area contributed by atoms with Gasteiger partial charge in [-0.1, -0.05) is 60.7 Å². The zero-order valence-electron chi connectivity index (χ0n) is 29.1. The Morgan fingerprint density at radius 3 is 1.89 bits per heavy atom. The van der Waals surface area contributed by atoms with Crippen LogP contribution in [0.15, 0.2) is 91.0 Å². The largest absolute Gasteiger partial charge is 0.514 e. The van der Waals surface area contributed by atoms with Crippen molar-refractivity contribution in [1.29, 1.82) is 0 Å². The normalized spacial score (nSPS) is 11.2. The van der Waals surface area contributed by atoms with E-state index in [9.17, 15) is 37.1 Å². The maximum absolute atomic E-state index is 15.6. The van der Waals surface area contributed by atoms with Gasteiger partial charge >= 0.3 is 12.3 Å². The van der Waals surface area contributed by atoms with Crippen molar-refractivity contribution >= 4 is 35.5 Å². The number of anilines is 1. The molecular weight excluding hydrogens is 700 g/mol. The van der Waals surface area contributed by atoms with Crippen molar-refractivity contribution in [2.75, 3.05) is 39.1 Å². The van der Waals surface area contributed by atoms with Crippen LogP contribution in [0.2, 0.25) is 0 Å². The van der Waals surface area contributed by atoms with Crippen LogP contribution in [0.3, 0.4) is 0 Å². The van der Waals surface area contributed by atoms with Gasteiger partial charge in [-0.2, -0.15) is 13.2 Å². The first kappa shape index (κ1) is 39.5. The van der Waals surface area contributed by atoms with Gasteiger partial charge in [-0.3, -0.25) is 19.2 Å². The Bertz CT molecular complexity index is 1970. The highest BCUT2D eigenvalue weighted by Crippen LogP contribution is 2.33. The van der Waals surface area contributed by atoms with Crippen LogP contribution in [-0.2, 0) is 25.9 Å². The standard InChI is InChI=1S/C38H36F4N4O7/c1-5-43-34(49)37(35(50)44-6-2,24-12-8-7-9-13-24)22-52-36(51)53-31-20-28(33(48)46(3)4)30(21-29(31)39)45-32(47)27-15-11-10-14-26(27)23-16-18-25(19-17-23)38(40,41)42/h7-21H,5-6,22H2,1-4H3,(H,43,49)(H,44,50)(H,45,47). The molecule has 0 unspecified atom stereocenters. The highest BCUT2D eigenvalue weighted by atomic mass is 19.4. The summed E-state index contributed by atoms with van der Waals surface area (Å²) in [4.78, 5) is 67.7. The molecule has 4 aromatic rings. The number of hydrogen-bond donors (Lipinski definition) is 3. The molecule has 11 nitrogen and oxygen atoms in total. The van der Waals surface area contributed by atoms with E-state index >= 15 is 4.39 Å². The molecule has 0 aromatic heterocycles. The predicted molar refractivity (Wildman–Crippen MR) is 187 cm³/mol. The lowest BCUT2D eigenvalue weighted by molar-refractivity contribution is -0.140. The van der Waals surface area contributed by atoms with E-state index < -0.39 is 65.1 Å². The third kappa shape index (κ3) is 8.98. The van der Waals surface area contributed by atoms with Crippen LogP contribution in [0, 0.1) is 5.82 Å². The fourth-order valence-corrected chi connectivity index (χ4v) is 5.33. The molecule has 0 aliphatic heterocycles. The minimum absolute atomic E-state index is 0.000873. The van der Waals surface area contributed by atoms with E-state index in [2.05, 4.69) is 16.0 Å². The molecule has 53 heavy (non-hydrogen) atoms. The van der Waals surface area contributed by atoms with E-state index in [1.807, 2.05) is 0 Å². The Kier molecular flexibility index (Phi) is 12.6. The fourth-order valence-electron chi connectivity index (χ4n) is 5.33. The number of carbonyl (C=O) groups is 5. The minimum atomic E-state index is -4.56. The maximum Gasteiger partial charge on any atom is 0.514 e. The Morgan fingerprint density at radius 2 is 1.32 bits per heavy atom. The first-order valence-electron chi connectivity index (χ1n) is 16.2. The van der Waals surface area contributed by atoms with Crippen LogP contribution >= 0.6 is 0 Å². The Labute approximate surface area is 302 Å². The molecule has 0 atom stereocenters. The summed E-state index contributed by atoms with van der Waals surface area (Å²) in [7, 11) is 2.77. The van der Waals surface area contributed by atoms with Gasteiger partial charge in [-0.15, -0.1) is 0 Å². The van der Waals surface area contributed by atoms with Crippen LogP contribution in [0.25, 0.3) is 11.1 Å². The van der Waals surface area contributed by atoms with E-state index in [4.69, 9.17) is 9.47 Å². The molecule has 15 heteroatoms. The smallest absolute Gasteiger partial charge is 0.432 e. The third-order valence-electron chi connectivity index (χ3n) is 7.97. The topological polar surface area (TPSA) is 143 Å². The van der Waals surface area contributed by atoms with Gasteiger partial charge in [0.15, 0.2) is 17.0 Å². The summed E-state index contributed by atoms with van der Waals surface area (Å²) in [6.07, 6.45) is -6.08. The summed E-state index contributed by atoms with van der Waals surface area (Å²) < 4.78 is 65.3. The molecule has 278 valence electrons. The first-order valence-corrected chi connectivity index (χ1v) is 16.2. The lowest BCUT2D eigenvalue weighted by Crippen LogP contribution is -2.57. The van der Waals surface area contributed by atoms with Gasteiger partial charge in [-0.05, 0) is 54.8 Å². The monoisotopic (exact) mass is 736 g/mol. The van der Waals surface area contributed by atoms with E-state index in [1.165, 1.54) is 56.6 Å². The molecule has 0 heterocycles.